The summed E-state index contributed by atoms with van der Waals surface area (Å²) in [5.74, 6) is 1.49. The number of amides is 1. The van der Waals surface area contributed by atoms with Crippen molar-refractivity contribution in [3.63, 3.8) is 0 Å². The normalized spacial score (nSPS) is 16.8. The van der Waals surface area contributed by atoms with Gasteiger partial charge in [-0.15, -0.1) is 0 Å². The number of phenolic OH excluding ortho intramolecular Hbond substituents is 1. The molecule has 3 aromatic rings. The molecule has 1 amide bonds. The second-order valence-electron chi connectivity index (χ2n) is 10.4. The number of aryl methyl sites for hydroxylation is 1. The lowest BCUT2D eigenvalue weighted by molar-refractivity contribution is 0.0902. The van der Waals surface area contributed by atoms with Gasteiger partial charge in [0.05, 0.1) is 5.56 Å². The average Bonchev–Trinajstić information content (AvgIpc) is 2.89. The van der Waals surface area contributed by atoms with Gasteiger partial charge in [0.1, 0.15) is 17.2 Å². The minimum Gasteiger partial charge on any atom is -0.508 e. The fraction of sp³-hybridized carbons (Fsp3) is 0.355. The first-order valence-electron chi connectivity index (χ1n) is 13.2. The van der Waals surface area contributed by atoms with Crippen LogP contribution in [0.15, 0.2) is 66.7 Å². The molecule has 0 spiro atoms. The van der Waals surface area contributed by atoms with Gasteiger partial charge >= 0.3 is 0 Å². The van der Waals surface area contributed by atoms with Crippen LogP contribution in [0, 0.1) is 12.8 Å². The van der Waals surface area contributed by atoms with Crippen molar-refractivity contribution in [2.75, 3.05) is 31.1 Å². The Bertz CT molecular complexity index is 1260. The van der Waals surface area contributed by atoms with E-state index >= 15 is 0 Å². The average molecular weight is 516 g/mol. The smallest absolute Gasteiger partial charge is 0.251 e. The molecule has 1 fully saturated rings. The summed E-state index contributed by atoms with van der Waals surface area (Å²) in [5, 5.41) is 13.1. The number of carbonyl (C=O) groups is 2. The summed E-state index contributed by atoms with van der Waals surface area (Å²) >= 11 is 0. The van der Waals surface area contributed by atoms with Crippen molar-refractivity contribution in [1.29, 1.82) is 0 Å². The second-order valence-corrected chi connectivity index (χ2v) is 10.4. The number of hydrogen-bond donors (Lipinski definition) is 2. The number of rotatable bonds is 9. The molecule has 1 saturated heterocycles. The highest BCUT2D eigenvalue weighted by Gasteiger charge is 2.27. The Balaban J connectivity index is 1.35. The van der Waals surface area contributed by atoms with E-state index in [1.165, 1.54) is 0 Å². The maximum absolute atomic E-state index is 13.1. The number of nitrogens with one attached hydrogen (secondary N) is 1. The van der Waals surface area contributed by atoms with E-state index in [0.29, 0.717) is 22.6 Å². The maximum Gasteiger partial charge on any atom is 0.251 e. The number of carbonyl (C=O) groups excluding carboxylic acids is 2. The van der Waals surface area contributed by atoms with Crippen LogP contribution in [0.25, 0.3) is 0 Å². The van der Waals surface area contributed by atoms with E-state index in [1.807, 2.05) is 37.3 Å². The predicted molar refractivity (Wildman–Crippen MR) is 151 cm³/mol. The van der Waals surface area contributed by atoms with Gasteiger partial charge in [0.15, 0.2) is 6.29 Å². The highest BCUT2D eigenvalue weighted by Crippen LogP contribution is 2.27. The number of hydrogen-bond acceptors (Lipinski definition) is 6. The number of aldehydes is 1. The number of aromatic hydroxyl groups is 1. The van der Waals surface area contributed by atoms with E-state index in [2.05, 4.69) is 35.9 Å². The number of benzene rings is 3. The summed E-state index contributed by atoms with van der Waals surface area (Å²) < 4.78 is 5.91. The Morgan fingerprint density at radius 3 is 2.53 bits per heavy atom. The van der Waals surface area contributed by atoms with Gasteiger partial charge in [0, 0.05) is 55.6 Å². The van der Waals surface area contributed by atoms with Crippen molar-refractivity contribution in [3.05, 3.63) is 83.4 Å². The van der Waals surface area contributed by atoms with Crippen molar-refractivity contribution < 1.29 is 19.4 Å². The minimum absolute atomic E-state index is 0.000361. The Morgan fingerprint density at radius 2 is 1.87 bits per heavy atom. The monoisotopic (exact) mass is 515 g/mol. The van der Waals surface area contributed by atoms with Gasteiger partial charge < -0.3 is 20.1 Å². The van der Waals surface area contributed by atoms with E-state index in [4.69, 9.17) is 4.74 Å². The molecular weight excluding hydrogens is 478 g/mol. The molecule has 0 radical (unpaired) electrons. The first kappa shape index (κ1) is 27.2. The fourth-order valence-corrected chi connectivity index (χ4v) is 4.84. The Kier molecular flexibility index (Phi) is 8.69. The lowest BCUT2D eigenvalue weighted by Gasteiger charge is -2.42. The first-order chi connectivity index (χ1) is 18.2. The summed E-state index contributed by atoms with van der Waals surface area (Å²) in [6, 6.07) is 20.1. The third kappa shape index (κ3) is 6.72. The quantitative estimate of drug-likeness (QED) is 0.378. The van der Waals surface area contributed by atoms with Crippen molar-refractivity contribution in [2.24, 2.45) is 5.92 Å². The molecule has 4 rings (SSSR count). The molecule has 7 heteroatoms. The molecule has 0 aliphatic carbocycles. The van der Waals surface area contributed by atoms with Crippen LogP contribution in [0.1, 0.15) is 47.1 Å². The van der Waals surface area contributed by atoms with Gasteiger partial charge in [-0.2, -0.15) is 0 Å². The molecule has 200 valence electrons. The standard InChI is InChI=1S/C31H37N3O4/c1-21(2)29(19-33-14-15-34(23(4)18-33)26-6-5-7-27(36)17-26)32-31(37)24-10-12-28(13-11-24)38-30-16-22(3)8-9-25(30)20-35/h5-13,16-17,20-21,23,29,36H,14-15,18-19H2,1-4H3,(H,32,37)/t23-,29+/m0/s1. The van der Waals surface area contributed by atoms with Crippen LogP contribution in [-0.4, -0.2) is 60.5 Å². The first-order valence-corrected chi connectivity index (χ1v) is 13.2. The topological polar surface area (TPSA) is 82.1 Å². The highest BCUT2D eigenvalue weighted by atomic mass is 16.5. The van der Waals surface area contributed by atoms with E-state index < -0.39 is 0 Å². The van der Waals surface area contributed by atoms with Crippen LogP contribution in [0.3, 0.4) is 0 Å². The van der Waals surface area contributed by atoms with Crippen molar-refractivity contribution in [2.45, 2.75) is 39.8 Å². The van der Waals surface area contributed by atoms with Gasteiger partial charge in [-0.05, 0) is 73.9 Å². The summed E-state index contributed by atoms with van der Waals surface area (Å²) in [4.78, 5) is 29.2. The Morgan fingerprint density at radius 1 is 1.11 bits per heavy atom. The molecule has 0 unspecified atom stereocenters. The van der Waals surface area contributed by atoms with Crippen LogP contribution in [0.4, 0.5) is 5.69 Å². The second kappa shape index (κ2) is 12.1. The van der Waals surface area contributed by atoms with Gasteiger partial charge in [-0.3, -0.25) is 14.5 Å². The molecule has 2 N–H and O–H groups in total. The molecule has 3 aromatic carbocycles. The van der Waals surface area contributed by atoms with Crippen LogP contribution in [0.2, 0.25) is 0 Å². The maximum atomic E-state index is 13.1. The molecule has 1 aliphatic rings. The summed E-state index contributed by atoms with van der Waals surface area (Å²) in [6.45, 7) is 11.8. The van der Waals surface area contributed by atoms with Crippen LogP contribution < -0.4 is 15.0 Å². The molecule has 0 saturated carbocycles. The Hall–Kier alpha value is -3.84. The molecule has 1 aliphatic heterocycles. The third-order valence-corrected chi connectivity index (χ3v) is 7.09. The molecule has 0 bridgehead atoms. The van der Waals surface area contributed by atoms with Crippen LogP contribution in [-0.2, 0) is 0 Å². The zero-order valence-electron chi connectivity index (χ0n) is 22.6. The zero-order chi connectivity index (χ0) is 27.2. The fourth-order valence-electron chi connectivity index (χ4n) is 4.84. The highest BCUT2D eigenvalue weighted by molar-refractivity contribution is 5.94. The molecular formula is C31H37N3O4. The van der Waals surface area contributed by atoms with Gasteiger partial charge in [0.2, 0.25) is 0 Å². The third-order valence-electron chi connectivity index (χ3n) is 7.09. The van der Waals surface area contributed by atoms with Gasteiger partial charge in [-0.25, -0.2) is 0 Å². The van der Waals surface area contributed by atoms with Gasteiger partial charge in [-0.1, -0.05) is 26.0 Å². The number of anilines is 1. The van der Waals surface area contributed by atoms with Gasteiger partial charge in [0.25, 0.3) is 5.91 Å². The van der Waals surface area contributed by atoms with Crippen LogP contribution in [0.5, 0.6) is 17.2 Å². The SMILES string of the molecule is Cc1ccc(C=O)c(Oc2ccc(C(=O)N[C@H](CN3CCN(c4cccc(O)c4)[C@@H](C)C3)C(C)C)cc2)c1. The zero-order valence-corrected chi connectivity index (χ0v) is 22.6. The van der Waals surface area contributed by atoms with E-state index in [1.54, 1.807) is 36.4 Å². The van der Waals surface area contributed by atoms with Crippen molar-refractivity contribution in [1.82, 2.24) is 10.2 Å². The summed E-state index contributed by atoms with van der Waals surface area (Å²) in [7, 11) is 0. The predicted octanol–water partition coefficient (Wildman–Crippen LogP) is 5.27. The lowest BCUT2D eigenvalue weighted by Crippen LogP contribution is -2.56. The minimum atomic E-state index is -0.120. The molecule has 1 heterocycles. The Labute approximate surface area is 225 Å². The number of nitrogens with zero attached hydrogens (tertiary/aromatic N) is 2. The van der Waals surface area contributed by atoms with Crippen LogP contribution >= 0.6 is 0 Å². The molecule has 2 atom stereocenters. The molecule has 0 aromatic heterocycles. The van der Waals surface area contributed by atoms with Crippen molar-refractivity contribution >= 4 is 17.9 Å². The largest absolute Gasteiger partial charge is 0.508 e. The lowest BCUT2D eigenvalue weighted by atomic mass is 10.0. The van der Waals surface area contributed by atoms with E-state index in [9.17, 15) is 14.7 Å². The van der Waals surface area contributed by atoms with Crippen molar-refractivity contribution in [3.8, 4) is 17.2 Å². The number of piperazine rings is 1. The molecule has 38 heavy (non-hydrogen) atoms. The number of ether oxygens (including phenoxy) is 1. The van der Waals surface area contributed by atoms with E-state index in [-0.39, 0.29) is 29.7 Å². The molecule has 7 nitrogen and oxygen atoms in total. The summed E-state index contributed by atoms with van der Waals surface area (Å²) in [6.07, 6.45) is 0.774. The van der Waals surface area contributed by atoms with E-state index in [0.717, 1.165) is 43.7 Å². The summed E-state index contributed by atoms with van der Waals surface area (Å²) in [5.41, 5.74) is 3.07. The number of phenols is 1.